The molecule has 4 aromatic rings. The van der Waals surface area contributed by atoms with Crippen LogP contribution in [0.1, 0.15) is 21.5 Å². The van der Waals surface area contributed by atoms with E-state index >= 15 is 0 Å². The Kier molecular flexibility index (Phi) is 6.84. The molecule has 0 aliphatic carbocycles. The van der Waals surface area contributed by atoms with Crippen molar-refractivity contribution in [1.29, 1.82) is 0 Å². The number of hydrogen-bond acceptors (Lipinski definition) is 3. The Labute approximate surface area is 199 Å². The van der Waals surface area contributed by atoms with Crippen LogP contribution in [-0.2, 0) is 12.7 Å². The van der Waals surface area contributed by atoms with Crippen molar-refractivity contribution in [3.8, 4) is 11.3 Å². The van der Waals surface area contributed by atoms with Crippen molar-refractivity contribution < 1.29 is 18.0 Å². The van der Waals surface area contributed by atoms with Gasteiger partial charge in [-0.2, -0.15) is 13.2 Å². The number of halogens is 4. The standard InChI is InChI=1S/C26H19ClF3N3O/c27-22-7-4-14-31-24(22)18-8-13-21(23(15-18)32-16-17-5-2-1-3-6-17)25(34)33-20-11-9-19(10-12-20)26(28,29)30/h1-15,32H,16H2,(H,33,34). The molecule has 34 heavy (non-hydrogen) atoms. The molecule has 4 nitrogen and oxygen atoms in total. The van der Waals surface area contributed by atoms with E-state index in [4.69, 9.17) is 11.6 Å². The maximum Gasteiger partial charge on any atom is 0.416 e. The zero-order valence-corrected chi connectivity index (χ0v) is 18.5. The van der Waals surface area contributed by atoms with Gasteiger partial charge in [-0.05, 0) is 54.1 Å². The highest BCUT2D eigenvalue weighted by Gasteiger charge is 2.30. The van der Waals surface area contributed by atoms with Gasteiger partial charge in [-0.25, -0.2) is 0 Å². The van der Waals surface area contributed by atoms with Crippen LogP contribution in [0, 0.1) is 0 Å². The zero-order chi connectivity index (χ0) is 24.1. The normalized spacial score (nSPS) is 11.2. The first-order valence-electron chi connectivity index (χ1n) is 10.3. The Morgan fingerprint density at radius 3 is 2.32 bits per heavy atom. The van der Waals surface area contributed by atoms with Crippen LogP contribution in [0.4, 0.5) is 24.5 Å². The first-order chi connectivity index (χ1) is 16.3. The number of amides is 1. The molecule has 3 aromatic carbocycles. The predicted octanol–water partition coefficient (Wildman–Crippen LogP) is 7.29. The molecule has 0 bridgehead atoms. The molecule has 4 rings (SSSR count). The zero-order valence-electron chi connectivity index (χ0n) is 17.7. The van der Waals surface area contributed by atoms with Crippen molar-refractivity contribution in [2.75, 3.05) is 10.6 Å². The summed E-state index contributed by atoms with van der Waals surface area (Å²) in [4.78, 5) is 17.4. The minimum absolute atomic E-state index is 0.254. The van der Waals surface area contributed by atoms with Gasteiger partial charge in [0.15, 0.2) is 0 Å². The van der Waals surface area contributed by atoms with Gasteiger partial charge in [0.2, 0.25) is 0 Å². The third kappa shape index (κ3) is 5.55. The second kappa shape index (κ2) is 9.97. The monoisotopic (exact) mass is 481 g/mol. The van der Waals surface area contributed by atoms with Crippen molar-refractivity contribution in [2.24, 2.45) is 0 Å². The Hall–Kier alpha value is -3.84. The van der Waals surface area contributed by atoms with Crippen LogP contribution in [0.3, 0.4) is 0 Å². The third-order valence-corrected chi connectivity index (χ3v) is 5.40. The number of nitrogens with zero attached hydrogens (tertiary/aromatic N) is 1. The number of hydrogen-bond donors (Lipinski definition) is 2. The first kappa shape index (κ1) is 23.3. The Morgan fingerprint density at radius 2 is 1.65 bits per heavy atom. The van der Waals surface area contributed by atoms with E-state index in [9.17, 15) is 18.0 Å². The molecule has 0 saturated carbocycles. The summed E-state index contributed by atoms with van der Waals surface area (Å²) in [5.41, 5.74) is 2.63. The quantitative estimate of drug-likeness (QED) is 0.304. The van der Waals surface area contributed by atoms with Gasteiger partial charge in [-0.15, -0.1) is 0 Å². The lowest BCUT2D eigenvalue weighted by molar-refractivity contribution is -0.137. The average Bonchev–Trinajstić information content (AvgIpc) is 2.83. The minimum Gasteiger partial charge on any atom is -0.380 e. The number of carbonyl (C=O) groups is 1. The Morgan fingerprint density at radius 1 is 0.912 bits per heavy atom. The van der Waals surface area contributed by atoms with Crippen molar-refractivity contribution in [3.05, 3.63) is 113 Å². The van der Waals surface area contributed by atoms with Gasteiger partial charge in [0.1, 0.15) is 0 Å². The molecule has 1 heterocycles. The second-order valence-corrected chi connectivity index (χ2v) is 7.87. The fraction of sp³-hybridized carbons (Fsp3) is 0.0769. The van der Waals surface area contributed by atoms with Crippen LogP contribution < -0.4 is 10.6 Å². The number of pyridine rings is 1. The van der Waals surface area contributed by atoms with Crippen LogP contribution in [0.2, 0.25) is 5.02 Å². The number of aromatic nitrogens is 1. The molecule has 2 N–H and O–H groups in total. The van der Waals surface area contributed by atoms with E-state index in [0.29, 0.717) is 34.1 Å². The minimum atomic E-state index is -4.44. The molecule has 0 saturated heterocycles. The highest BCUT2D eigenvalue weighted by molar-refractivity contribution is 6.33. The summed E-state index contributed by atoms with van der Waals surface area (Å²) in [6, 6.07) is 22.5. The van der Waals surface area contributed by atoms with Gasteiger partial charge in [0.25, 0.3) is 5.91 Å². The van der Waals surface area contributed by atoms with E-state index in [0.717, 1.165) is 17.7 Å². The van der Waals surface area contributed by atoms with Crippen LogP contribution in [-0.4, -0.2) is 10.9 Å². The fourth-order valence-corrected chi connectivity index (χ4v) is 3.60. The summed E-state index contributed by atoms with van der Waals surface area (Å²) in [6.45, 7) is 0.459. The number of anilines is 2. The Balaban J connectivity index is 1.63. The summed E-state index contributed by atoms with van der Waals surface area (Å²) < 4.78 is 38.5. The van der Waals surface area contributed by atoms with Gasteiger partial charge in [0.05, 0.1) is 21.8 Å². The maximum absolute atomic E-state index is 13.0. The van der Waals surface area contributed by atoms with E-state index in [2.05, 4.69) is 15.6 Å². The summed E-state index contributed by atoms with van der Waals surface area (Å²) in [5.74, 6) is -0.464. The molecular weight excluding hydrogens is 463 g/mol. The molecule has 172 valence electrons. The molecule has 1 amide bonds. The molecule has 0 aliphatic heterocycles. The number of alkyl halides is 3. The molecule has 0 atom stereocenters. The van der Waals surface area contributed by atoms with E-state index in [1.165, 1.54) is 12.1 Å². The smallest absolute Gasteiger partial charge is 0.380 e. The van der Waals surface area contributed by atoms with Crippen LogP contribution in [0.25, 0.3) is 11.3 Å². The molecular formula is C26H19ClF3N3O. The van der Waals surface area contributed by atoms with Gasteiger partial charge in [0, 0.05) is 29.7 Å². The molecule has 0 spiro atoms. The molecule has 0 aliphatic rings. The summed E-state index contributed by atoms with van der Waals surface area (Å²) >= 11 is 6.30. The number of rotatable bonds is 6. The molecule has 0 fully saturated rings. The fourth-order valence-electron chi connectivity index (χ4n) is 3.37. The summed E-state index contributed by atoms with van der Waals surface area (Å²) in [6.07, 6.45) is -2.82. The summed E-state index contributed by atoms with van der Waals surface area (Å²) in [7, 11) is 0. The van der Waals surface area contributed by atoms with Crippen molar-refractivity contribution in [2.45, 2.75) is 12.7 Å². The summed E-state index contributed by atoms with van der Waals surface area (Å²) in [5, 5.41) is 6.40. The lowest BCUT2D eigenvalue weighted by Gasteiger charge is -2.15. The van der Waals surface area contributed by atoms with E-state index < -0.39 is 17.6 Å². The van der Waals surface area contributed by atoms with E-state index in [1.807, 2.05) is 30.3 Å². The maximum atomic E-state index is 13.0. The lowest BCUT2D eigenvalue weighted by atomic mass is 10.0. The topological polar surface area (TPSA) is 54.0 Å². The Bertz CT molecular complexity index is 1290. The number of benzene rings is 3. The third-order valence-electron chi connectivity index (χ3n) is 5.09. The predicted molar refractivity (Wildman–Crippen MR) is 128 cm³/mol. The van der Waals surface area contributed by atoms with Gasteiger partial charge < -0.3 is 10.6 Å². The SMILES string of the molecule is O=C(Nc1ccc(C(F)(F)F)cc1)c1ccc(-c2ncccc2Cl)cc1NCc1ccccc1. The largest absolute Gasteiger partial charge is 0.416 e. The highest BCUT2D eigenvalue weighted by atomic mass is 35.5. The lowest BCUT2D eigenvalue weighted by Crippen LogP contribution is -2.15. The van der Waals surface area contributed by atoms with Gasteiger partial charge in [-0.3, -0.25) is 9.78 Å². The van der Waals surface area contributed by atoms with Crippen molar-refractivity contribution in [1.82, 2.24) is 4.98 Å². The number of nitrogens with one attached hydrogen (secondary N) is 2. The van der Waals surface area contributed by atoms with E-state index in [1.54, 1.807) is 36.5 Å². The van der Waals surface area contributed by atoms with Crippen molar-refractivity contribution >= 4 is 28.9 Å². The van der Waals surface area contributed by atoms with Crippen LogP contribution in [0.15, 0.2) is 91.1 Å². The molecule has 0 unspecified atom stereocenters. The van der Waals surface area contributed by atoms with Crippen LogP contribution >= 0.6 is 11.6 Å². The van der Waals surface area contributed by atoms with E-state index in [-0.39, 0.29) is 5.69 Å². The molecule has 0 radical (unpaired) electrons. The molecule has 1 aromatic heterocycles. The number of carbonyl (C=O) groups excluding carboxylic acids is 1. The van der Waals surface area contributed by atoms with Crippen LogP contribution in [0.5, 0.6) is 0 Å². The van der Waals surface area contributed by atoms with Gasteiger partial charge in [-0.1, -0.05) is 48.0 Å². The second-order valence-electron chi connectivity index (χ2n) is 7.46. The average molecular weight is 482 g/mol. The van der Waals surface area contributed by atoms with Crippen molar-refractivity contribution in [3.63, 3.8) is 0 Å². The molecule has 8 heteroatoms. The van der Waals surface area contributed by atoms with Gasteiger partial charge >= 0.3 is 6.18 Å². The first-order valence-corrected chi connectivity index (χ1v) is 10.7. The highest BCUT2D eigenvalue weighted by Crippen LogP contribution is 2.31.